The van der Waals surface area contributed by atoms with Crippen LogP contribution in [0, 0.1) is 0 Å². The first-order valence-electron chi connectivity index (χ1n) is 7.24. The second kappa shape index (κ2) is 9.37. The fourth-order valence-corrected chi connectivity index (χ4v) is 1.70. The van der Waals surface area contributed by atoms with Gasteiger partial charge in [-0.3, -0.25) is 4.79 Å². The Hall–Kier alpha value is -1.55. The zero-order valence-corrected chi connectivity index (χ0v) is 12.6. The Labute approximate surface area is 121 Å². The molecule has 0 aliphatic rings. The Morgan fingerprint density at radius 2 is 1.95 bits per heavy atom. The van der Waals surface area contributed by atoms with Crippen LogP contribution in [0.25, 0.3) is 0 Å². The van der Waals surface area contributed by atoms with Crippen molar-refractivity contribution in [1.82, 2.24) is 5.32 Å². The Balaban J connectivity index is 2.29. The summed E-state index contributed by atoms with van der Waals surface area (Å²) in [5, 5.41) is 2.88. The average Bonchev–Trinajstić information content (AvgIpc) is 2.45. The van der Waals surface area contributed by atoms with Gasteiger partial charge in [-0.1, -0.05) is 25.1 Å². The summed E-state index contributed by atoms with van der Waals surface area (Å²) in [5.41, 5.74) is 0. The van der Waals surface area contributed by atoms with E-state index in [0.717, 1.165) is 12.2 Å². The summed E-state index contributed by atoms with van der Waals surface area (Å²) in [7, 11) is 0. The molecule has 112 valence electrons. The van der Waals surface area contributed by atoms with Crippen LogP contribution in [0.15, 0.2) is 30.3 Å². The summed E-state index contributed by atoms with van der Waals surface area (Å²) in [6.07, 6.45) is 1.24. The monoisotopic (exact) mass is 279 g/mol. The molecule has 1 rings (SSSR count). The Morgan fingerprint density at radius 3 is 2.55 bits per heavy atom. The molecule has 4 heteroatoms. The third kappa shape index (κ3) is 6.57. The van der Waals surface area contributed by atoms with Crippen LogP contribution in [0.3, 0.4) is 0 Å². The number of amides is 1. The second-order valence-electron chi connectivity index (χ2n) is 4.89. The van der Waals surface area contributed by atoms with Gasteiger partial charge in [-0.2, -0.15) is 0 Å². The summed E-state index contributed by atoms with van der Waals surface area (Å²) in [6.45, 7) is 7.21. The van der Waals surface area contributed by atoms with E-state index >= 15 is 0 Å². The third-order valence-corrected chi connectivity index (χ3v) is 2.76. The molecule has 1 atom stereocenters. The van der Waals surface area contributed by atoms with Crippen molar-refractivity contribution < 1.29 is 14.3 Å². The normalized spacial score (nSPS) is 12.2. The number of hydrogen-bond donors (Lipinski definition) is 1. The lowest BCUT2D eigenvalue weighted by Gasteiger charge is -2.17. The second-order valence-corrected chi connectivity index (χ2v) is 4.89. The number of benzene rings is 1. The minimum Gasteiger partial charge on any atom is -0.481 e. The van der Waals surface area contributed by atoms with E-state index in [4.69, 9.17) is 9.47 Å². The number of carbonyl (C=O) groups excluding carboxylic acids is 1. The van der Waals surface area contributed by atoms with Crippen LogP contribution in [-0.2, 0) is 9.53 Å². The number of rotatable bonds is 9. The number of ether oxygens (including phenoxy) is 2. The van der Waals surface area contributed by atoms with E-state index < -0.39 is 6.10 Å². The summed E-state index contributed by atoms with van der Waals surface area (Å²) in [5.74, 6) is 0.651. The number of para-hydroxylation sites is 1. The van der Waals surface area contributed by atoms with Gasteiger partial charge in [0.1, 0.15) is 5.75 Å². The molecule has 1 amide bonds. The fourth-order valence-electron chi connectivity index (χ4n) is 1.70. The SMILES string of the molecule is CC[C@@H](Oc1ccccc1)C(=O)NCCCOC(C)C. The molecule has 0 aromatic heterocycles. The maximum atomic E-state index is 12.0. The van der Waals surface area contributed by atoms with E-state index in [9.17, 15) is 4.79 Å². The van der Waals surface area contributed by atoms with Gasteiger partial charge in [-0.05, 0) is 38.8 Å². The molecule has 0 saturated heterocycles. The largest absolute Gasteiger partial charge is 0.481 e. The highest BCUT2D eigenvalue weighted by Gasteiger charge is 2.17. The lowest BCUT2D eigenvalue weighted by atomic mass is 10.2. The number of hydrogen-bond acceptors (Lipinski definition) is 3. The van der Waals surface area contributed by atoms with Gasteiger partial charge < -0.3 is 14.8 Å². The van der Waals surface area contributed by atoms with Crippen molar-refractivity contribution in [2.75, 3.05) is 13.2 Å². The molecule has 4 nitrogen and oxygen atoms in total. The molecule has 0 aliphatic carbocycles. The van der Waals surface area contributed by atoms with E-state index in [1.807, 2.05) is 51.1 Å². The highest BCUT2D eigenvalue weighted by Crippen LogP contribution is 2.12. The smallest absolute Gasteiger partial charge is 0.261 e. The molecule has 1 N–H and O–H groups in total. The molecule has 0 spiro atoms. The molecule has 1 aromatic rings. The molecule has 0 bridgehead atoms. The van der Waals surface area contributed by atoms with Gasteiger partial charge in [0.05, 0.1) is 6.10 Å². The first-order chi connectivity index (χ1) is 9.63. The molecule has 0 heterocycles. The van der Waals surface area contributed by atoms with Crippen LogP contribution in [0.2, 0.25) is 0 Å². The molecule has 0 unspecified atom stereocenters. The standard InChI is InChI=1S/C16H25NO3/c1-4-15(20-14-9-6-5-7-10-14)16(18)17-11-8-12-19-13(2)3/h5-7,9-10,13,15H,4,8,11-12H2,1-3H3,(H,17,18)/t15-/m1/s1. The fraction of sp³-hybridized carbons (Fsp3) is 0.562. The van der Waals surface area contributed by atoms with E-state index in [1.165, 1.54) is 0 Å². The Morgan fingerprint density at radius 1 is 1.25 bits per heavy atom. The van der Waals surface area contributed by atoms with Gasteiger partial charge in [0.15, 0.2) is 6.10 Å². The van der Waals surface area contributed by atoms with Crippen molar-refractivity contribution in [3.05, 3.63) is 30.3 Å². The molecule has 0 radical (unpaired) electrons. The van der Waals surface area contributed by atoms with Gasteiger partial charge >= 0.3 is 0 Å². The quantitative estimate of drug-likeness (QED) is 0.707. The summed E-state index contributed by atoms with van der Waals surface area (Å²) >= 11 is 0. The summed E-state index contributed by atoms with van der Waals surface area (Å²) in [6, 6.07) is 9.41. The molecule has 0 aliphatic heterocycles. The van der Waals surface area contributed by atoms with E-state index in [1.54, 1.807) is 0 Å². The highest BCUT2D eigenvalue weighted by atomic mass is 16.5. The van der Waals surface area contributed by atoms with E-state index in [0.29, 0.717) is 19.6 Å². The Bertz CT molecular complexity index is 379. The predicted molar refractivity (Wildman–Crippen MR) is 79.9 cm³/mol. The van der Waals surface area contributed by atoms with Crippen LogP contribution in [-0.4, -0.2) is 31.3 Å². The van der Waals surface area contributed by atoms with Crippen molar-refractivity contribution in [3.63, 3.8) is 0 Å². The molecule has 20 heavy (non-hydrogen) atoms. The summed E-state index contributed by atoms with van der Waals surface area (Å²) < 4.78 is 11.1. The zero-order valence-electron chi connectivity index (χ0n) is 12.6. The van der Waals surface area contributed by atoms with Gasteiger partial charge in [-0.15, -0.1) is 0 Å². The first kappa shape index (κ1) is 16.5. The molecular weight excluding hydrogens is 254 g/mol. The molecule has 1 aromatic carbocycles. The maximum absolute atomic E-state index is 12.0. The number of nitrogens with one attached hydrogen (secondary N) is 1. The van der Waals surface area contributed by atoms with Crippen molar-refractivity contribution in [2.45, 2.75) is 45.8 Å². The van der Waals surface area contributed by atoms with Gasteiger partial charge in [-0.25, -0.2) is 0 Å². The van der Waals surface area contributed by atoms with E-state index in [2.05, 4.69) is 5.32 Å². The van der Waals surface area contributed by atoms with Gasteiger partial charge in [0, 0.05) is 13.2 Å². The van der Waals surface area contributed by atoms with Crippen LogP contribution < -0.4 is 10.1 Å². The average molecular weight is 279 g/mol. The van der Waals surface area contributed by atoms with Crippen LogP contribution in [0.1, 0.15) is 33.6 Å². The van der Waals surface area contributed by atoms with E-state index in [-0.39, 0.29) is 12.0 Å². The Kier molecular flexibility index (Phi) is 7.73. The number of carbonyl (C=O) groups is 1. The minimum absolute atomic E-state index is 0.0686. The lowest BCUT2D eigenvalue weighted by Crippen LogP contribution is -2.38. The van der Waals surface area contributed by atoms with Crippen molar-refractivity contribution in [2.24, 2.45) is 0 Å². The van der Waals surface area contributed by atoms with Crippen molar-refractivity contribution in [1.29, 1.82) is 0 Å². The van der Waals surface area contributed by atoms with Crippen LogP contribution >= 0.6 is 0 Å². The van der Waals surface area contributed by atoms with Gasteiger partial charge in [0.2, 0.25) is 0 Å². The minimum atomic E-state index is -0.441. The van der Waals surface area contributed by atoms with Crippen LogP contribution in [0.4, 0.5) is 0 Å². The predicted octanol–water partition coefficient (Wildman–Crippen LogP) is 2.78. The molecular formula is C16H25NO3. The topological polar surface area (TPSA) is 47.6 Å². The first-order valence-corrected chi connectivity index (χ1v) is 7.24. The van der Waals surface area contributed by atoms with Crippen LogP contribution in [0.5, 0.6) is 5.75 Å². The van der Waals surface area contributed by atoms with Crippen molar-refractivity contribution >= 4 is 5.91 Å². The lowest BCUT2D eigenvalue weighted by molar-refractivity contribution is -0.128. The summed E-state index contributed by atoms with van der Waals surface area (Å²) in [4.78, 5) is 12.0. The molecule has 0 saturated carbocycles. The maximum Gasteiger partial charge on any atom is 0.261 e. The highest BCUT2D eigenvalue weighted by molar-refractivity contribution is 5.81. The van der Waals surface area contributed by atoms with Crippen molar-refractivity contribution in [3.8, 4) is 5.75 Å². The third-order valence-electron chi connectivity index (χ3n) is 2.76. The zero-order chi connectivity index (χ0) is 14.8. The molecule has 0 fully saturated rings. The van der Waals surface area contributed by atoms with Gasteiger partial charge in [0.25, 0.3) is 5.91 Å².